The van der Waals surface area contributed by atoms with Crippen LogP contribution in [0.4, 0.5) is 5.69 Å². The molecule has 4 rings (SSSR count). The summed E-state index contributed by atoms with van der Waals surface area (Å²) in [5, 5.41) is 4.20. The summed E-state index contributed by atoms with van der Waals surface area (Å²) in [6.45, 7) is 0. The molecule has 2 amide bonds. The van der Waals surface area contributed by atoms with Crippen molar-refractivity contribution in [2.45, 2.75) is 6.10 Å². The number of fused-ring (bicyclic) bond motifs is 1. The maximum Gasteiger partial charge on any atom is 0.278 e. The number of anilines is 1. The number of carbonyl (C=O) groups is 3. The number of ketones is 1. The molecule has 7 heteroatoms. The second kappa shape index (κ2) is 5.82. The summed E-state index contributed by atoms with van der Waals surface area (Å²) in [5.41, 5.74) is 0.714. The topological polar surface area (TPSA) is 76.0 Å². The molecule has 1 fully saturated rings. The molecule has 124 valence electrons. The molecule has 25 heavy (non-hydrogen) atoms. The molecule has 2 aliphatic rings. The van der Waals surface area contributed by atoms with Gasteiger partial charge in [0.15, 0.2) is 0 Å². The highest BCUT2D eigenvalue weighted by Crippen LogP contribution is 2.34. The Morgan fingerprint density at radius 2 is 1.68 bits per heavy atom. The van der Waals surface area contributed by atoms with Crippen LogP contribution < -0.4 is 4.90 Å². The zero-order valence-electron chi connectivity index (χ0n) is 12.8. The van der Waals surface area contributed by atoms with Gasteiger partial charge in [-0.1, -0.05) is 47.1 Å². The predicted molar refractivity (Wildman–Crippen MR) is 90.5 cm³/mol. The summed E-state index contributed by atoms with van der Waals surface area (Å²) in [5.74, 6) is -2.53. The quantitative estimate of drug-likeness (QED) is 0.626. The second-order valence-corrected chi connectivity index (χ2v) is 6.10. The summed E-state index contributed by atoms with van der Waals surface area (Å²) in [6.07, 6.45) is -1.11. The molecule has 2 heterocycles. The highest BCUT2D eigenvalue weighted by Gasteiger charge is 2.57. The Hall–Kier alpha value is -2.99. The number of hydrogen-bond donors (Lipinski definition) is 0. The largest absolute Gasteiger partial charge is 0.381 e. The molecular weight excluding hydrogens is 344 g/mol. The first-order valence-corrected chi connectivity index (χ1v) is 7.92. The first-order chi connectivity index (χ1) is 12.1. The molecule has 0 saturated carbocycles. The first-order valence-electron chi connectivity index (χ1n) is 7.55. The summed E-state index contributed by atoms with van der Waals surface area (Å²) < 4.78 is 0. The zero-order valence-corrected chi connectivity index (χ0v) is 13.5. The van der Waals surface area contributed by atoms with Crippen LogP contribution in [0, 0.1) is 5.92 Å². The molecule has 0 unspecified atom stereocenters. The van der Waals surface area contributed by atoms with E-state index in [4.69, 9.17) is 16.4 Å². The lowest BCUT2D eigenvalue weighted by molar-refractivity contribution is -0.126. The van der Waals surface area contributed by atoms with Crippen LogP contribution in [0.15, 0.2) is 59.8 Å². The van der Waals surface area contributed by atoms with Crippen molar-refractivity contribution in [2.24, 2.45) is 11.1 Å². The molecule has 0 spiro atoms. The number of Topliss-reactive ketones (excluding diaryl/α,β-unsaturated/α-hetero) is 1. The van der Waals surface area contributed by atoms with E-state index in [0.717, 1.165) is 4.90 Å². The minimum absolute atomic E-state index is 0.0500. The fourth-order valence-corrected chi connectivity index (χ4v) is 3.07. The molecule has 2 aromatic rings. The van der Waals surface area contributed by atoms with Crippen molar-refractivity contribution in [1.29, 1.82) is 0 Å². The normalized spacial score (nSPS) is 21.8. The van der Waals surface area contributed by atoms with Gasteiger partial charge in [-0.3, -0.25) is 14.4 Å². The number of benzene rings is 2. The van der Waals surface area contributed by atoms with E-state index in [1.807, 2.05) is 0 Å². The molecule has 6 nitrogen and oxygen atoms in total. The maximum absolute atomic E-state index is 12.8. The van der Waals surface area contributed by atoms with Gasteiger partial charge in [0.1, 0.15) is 11.6 Å². The minimum Gasteiger partial charge on any atom is -0.381 e. The van der Waals surface area contributed by atoms with Crippen LogP contribution in [0.1, 0.15) is 10.4 Å². The lowest BCUT2D eigenvalue weighted by Gasteiger charge is -2.15. The standard InChI is InChI=1S/C18H11ClN2O4/c19-11-6-8-12(9-7-11)21-17(23)13-14(20-25-16(13)18(21)24)15(22)10-4-2-1-3-5-10/h1-9,13,16H/t13-,16-/m1/s1. The van der Waals surface area contributed by atoms with E-state index in [9.17, 15) is 14.4 Å². The summed E-state index contributed by atoms with van der Waals surface area (Å²) >= 11 is 5.84. The molecule has 0 radical (unpaired) electrons. The third kappa shape index (κ3) is 2.42. The second-order valence-electron chi connectivity index (χ2n) is 5.66. The summed E-state index contributed by atoms with van der Waals surface area (Å²) in [7, 11) is 0. The van der Waals surface area contributed by atoms with Crippen LogP contribution in [0.5, 0.6) is 0 Å². The van der Waals surface area contributed by atoms with E-state index in [-0.39, 0.29) is 5.71 Å². The smallest absolute Gasteiger partial charge is 0.278 e. The summed E-state index contributed by atoms with van der Waals surface area (Å²) in [6, 6.07) is 14.7. The molecule has 2 atom stereocenters. The number of halogens is 1. The van der Waals surface area contributed by atoms with Crippen molar-refractivity contribution in [2.75, 3.05) is 4.90 Å². The maximum atomic E-state index is 12.8. The Balaban J connectivity index is 1.67. The van der Waals surface area contributed by atoms with E-state index < -0.39 is 29.6 Å². The molecular formula is C18H11ClN2O4. The fraction of sp³-hybridized carbons (Fsp3) is 0.111. The van der Waals surface area contributed by atoms with Gasteiger partial charge < -0.3 is 4.84 Å². The van der Waals surface area contributed by atoms with E-state index in [0.29, 0.717) is 16.3 Å². The van der Waals surface area contributed by atoms with Gasteiger partial charge >= 0.3 is 0 Å². The molecule has 2 aliphatic heterocycles. The molecule has 0 aliphatic carbocycles. The Labute approximate surface area is 147 Å². The lowest BCUT2D eigenvalue weighted by atomic mass is 9.93. The number of carbonyl (C=O) groups excluding carboxylic acids is 3. The van der Waals surface area contributed by atoms with E-state index in [1.165, 1.54) is 0 Å². The number of oxime groups is 1. The van der Waals surface area contributed by atoms with E-state index in [2.05, 4.69) is 5.16 Å². The van der Waals surface area contributed by atoms with E-state index >= 15 is 0 Å². The fourth-order valence-electron chi connectivity index (χ4n) is 2.95. The molecule has 0 N–H and O–H groups in total. The minimum atomic E-state index is -1.11. The van der Waals surface area contributed by atoms with E-state index in [1.54, 1.807) is 54.6 Å². The van der Waals surface area contributed by atoms with Gasteiger partial charge in [0, 0.05) is 10.6 Å². The Kier molecular flexibility index (Phi) is 3.62. The molecule has 0 aromatic heterocycles. The van der Waals surface area contributed by atoms with Gasteiger partial charge in [0.05, 0.1) is 5.69 Å². The summed E-state index contributed by atoms with van der Waals surface area (Å²) in [4.78, 5) is 44.1. The van der Waals surface area contributed by atoms with Crippen LogP contribution in [-0.4, -0.2) is 29.4 Å². The number of rotatable bonds is 3. The highest BCUT2D eigenvalue weighted by atomic mass is 35.5. The number of nitrogens with zero attached hydrogens (tertiary/aromatic N) is 2. The van der Waals surface area contributed by atoms with Crippen molar-refractivity contribution >= 4 is 40.6 Å². The van der Waals surface area contributed by atoms with Crippen LogP contribution >= 0.6 is 11.6 Å². The zero-order chi connectivity index (χ0) is 17.6. The van der Waals surface area contributed by atoms with Gasteiger partial charge in [-0.25, -0.2) is 4.90 Å². The average molecular weight is 355 g/mol. The Morgan fingerprint density at radius 1 is 1.00 bits per heavy atom. The molecule has 1 saturated heterocycles. The van der Waals surface area contributed by atoms with Gasteiger partial charge in [-0.05, 0) is 24.3 Å². The monoisotopic (exact) mass is 354 g/mol. The number of hydrogen-bond acceptors (Lipinski definition) is 5. The van der Waals surface area contributed by atoms with Crippen molar-refractivity contribution in [3.63, 3.8) is 0 Å². The van der Waals surface area contributed by atoms with Crippen LogP contribution in [-0.2, 0) is 14.4 Å². The first kappa shape index (κ1) is 15.5. The van der Waals surface area contributed by atoms with Crippen molar-refractivity contribution in [3.8, 4) is 0 Å². The third-order valence-corrected chi connectivity index (χ3v) is 4.42. The van der Waals surface area contributed by atoms with Crippen LogP contribution in [0.25, 0.3) is 0 Å². The third-order valence-electron chi connectivity index (χ3n) is 4.17. The number of amides is 2. The number of imide groups is 1. The van der Waals surface area contributed by atoms with Crippen LogP contribution in [0.3, 0.4) is 0 Å². The lowest BCUT2D eigenvalue weighted by Crippen LogP contribution is -2.34. The van der Waals surface area contributed by atoms with Gasteiger partial charge in [-0.15, -0.1) is 0 Å². The predicted octanol–water partition coefficient (Wildman–Crippen LogP) is 2.47. The van der Waals surface area contributed by atoms with Crippen molar-refractivity contribution in [3.05, 3.63) is 65.2 Å². The van der Waals surface area contributed by atoms with Gasteiger partial charge in [0.2, 0.25) is 17.8 Å². The highest BCUT2D eigenvalue weighted by molar-refractivity contribution is 6.52. The van der Waals surface area contributed by atoms with Crippen molar-refractivity contribution < 1.29 is 19.2 Å². The Morgan fingerprint density at radius 3 is 2.36 bits per heavy atom. The molecule has 0 bridgehead atoms. The van der Waals surface area contributed by atoms with Gasteiger partial charge in [0.25, 0.3) is 5.91 Å². The SMILES string of the molecule is O=C(C1=NO[C@H]2C(=O)N(c3ccc(Cl)cc3)C(=O)[C@H]12)c1ccccc1. The Bertz CT molecular complexity index is 908. The molecule has 2 aromatic carbocycles. The average Bonchev–Trinajstić information content (AvgIpc) is 3.17. The van der Waals surface area contributed by atoms with Gasteiger partial charge in [-0.2, -0.15) is 0 Å². The van der Waals surface area contributed by atoms with Crippen LogP contribution in [0.2, 0.25) is 5.02 Å². The van der Waals surface area contributed by atoms with Crippen molar-refractivity contribution in [1.82, 2.24) is 0 Å².